The van der Waals surface area contributed by atoms with Crippen LogP contribution in [0.15, 0.2) is 42.6 Å². The van der Waals surface area contributed by atoms with Crippen LogP contribution >= 0.6 is 11.6 Å². The van der Waals surface area contributed by atoms with Gasteiger partial charge in [-0.3, -0.25) is 9.59 Å². The van der Waals surface area contributed by atoms with Crippen LogP contribution in [0, 0.1) is 0 Å². The molecule has 2 heterocycles. The van der Waals surface area contributed by atoms with Crippen LogP contribution in [-0.2, 0) is 4.79 Å². The monoisotopic (exact) mass is 441 g/mol. The van der Waals surface area contributed by atoms with Gasteiger partial charge in [0.05, 0.1) is 11.6 Å². The first kappa shape index (κ1) is 21.9. The summed E-state index contributed by atoms with van der Waals surface area (Å²) in [5.41, 5.74) is 0.878. The summed E-state index contributed by atoms with van der Waals surface area (Å²) in [6, 6.07) is 9.89. The third-order valence-corrected chi connectivity index (χ3v) is 4.79. The molecule has 0 saturated carbocycles. The molecule has 2 amide bonds. The second kappa shape index (κ2) is 9.34. The molecule has 2 aromatic rings. The van der Waals surface area contributed by atoms with Gasteiger partial charge in [0.25, 0.3) is 5.91 Å². The zero-order chi connectivity index (χ0) is 21.7. The molecule has 10 heteroatoms. The lowest BCUT2D eigenvalue weighted by Gasteiger charge is -2.25. The number of pyridine rings is 1. The van der Waals surface area contributed by atoms with Crippen molar-refractivity contribution in [2.75, 3.05) is 19.7 Å². The number of halogens is 4. The SMILES string of the molecule is O=C(NC(CN1CCCC1=O)c1ccccc1)c1cnc(OCC(F)(F)F)c(Cl)c1. The number of carbonyl (C=O) groups is 2. The predicted molar refractivity (Wildman–Crippen MR) is 103 cm³/mol. The molecule has 1 saturated heterocycles. The van der Waals surface area contributed by atoms with E-state index in [4.69, 9.17) is 11.6 Å². The van der Waals surface area contributed by atoms with Crippen LogP contribution in [0.5, 0.6) is 5.88 Å². The van der Waals surface area contributed by atoms with Crippen molar-refractivity contribution in [2.24, 2.45) is 0 Å². The topological polar surface area (TPSA) is 71.5 Å². The van der Waals surface area contributed by atoms with Crippen LogP contribution in [-0.4, -0.2) is 47.6 Å². The molecule has 1 N–H and O–H groups in total. The normalized spacial score (nSPS) is 15.2. The lowest BCUT2D eigenvalue weighted by molar-refractivity contribution is -0.154. The Morgan fingerprint density at radius 1 is 1.30 bits per heavy atom. The summed E-state index contributed by atoms with van der Waals surface area (Å²) in [5, 5.41) is 2.64. The van der Waals surface area contributed by atoms with Gasteiger partial charge in [-0.2, -0.15) is 13.2 Å². The molecule has 1 aromatic heterocycles. The van der Waals surface area contributed by atoms with Crippen LogP contribution < -0.4 is 10.1 Å². The number of aromatic nitrogens is 1. The van der Waals surface area contributed by atoms with Gasteiger partial charge in [-0.1, -0.05) is 41.9 Å². The Morgan fingerprint density at radius 2 is 2.03 bits per heavy atom. The second-order valence-corrected chi connectivity index (χ2v) is 7.20. The number of nitrogens with one attached hydrogen (secondary N) is 1. The van der Waals surface area contributed by atoms with Gasteiger partial charge in [-0.25, -0.2) is 4.98 Å². The van der Waals surface area contributed by atoms with Crippen LogP contribution in [0.1, 0.15) is 34.8 Å². The molecule has 1 fully saturated rings. The van der Waals surface area contributed by atoms with Crippen molar-refractivity contribution < 1.29 is 27.5 Å². The number of hydrogen-bond acceptors (Lipinski definition) is 4. The van der Waals surface area contributed by atoms with E-state index in [-0.39, 0.29) is 16.5 Å². The standard InChI is InChI=1S/C20H19ClF3N3O3/c21-15-9-14(10-25-19(15)30-12-20(22,23)24)18(29)26-16(13-5-2-1-3-6-13)11-27-8-4-7-17(27)28/h1-3,5-6,9-10,16H,4,7-8,11-12H2,(H,26,29). The van der Waals surface area contributed by atoms with Crippen molar-refractivity contribution in [3.05, 3.63) is 58.7 Å². The Balaban J connectivity index is 1.73. The number of benzene rings is 1. The minimum Gasteiger partial charge on any atom is -0.467 e. The number of rotatable bonds is 7. The molecule has 1 unspecified atom stereocenters. The number of amides is 2. The van der Waals surface area contributed by atoms with E-state index in [0.717, 1.165) is 18.2 Å². The summed E-state index contributed by atoms with van der Waals surface area (Å²) in [7, 11) is 0. The second-order valence-electron chi connectivity index (χ2n) is 6.79. The Bertz CT molecular complexity index is 909. The first-order valence-electron chi connectivity index (χ1n) is 9.21. The van der Waals surface area contributed by atoms with Crippen LogP contribution in [0.25, 0.3) is 0 Å². The maximum absolute atomic E-state index is 12.7. The fourth-order valence-electron chi connectivity index (χ4n) is 3.08. The van der Waals surface area contributed by atoms with E-state index in [2.05, 4.69) is 15.0 Å². The number of likely N-dealkylation sites (tertiary alicyclic amines) is 1. The Labute approximate surface area is 176 Å². The molecule has 1 atom stereocenters. The van der Waals surface area contributed by atoms with Gasteiger partial charge in [0.1, 0.15) is 5.02 Å². The lowest BCUT2D eigenvalue weighted by atomic mass is 10.1. The predicted octanol–water partition coefficient (Wildman–Crippen LogP) is 3.77. The van der Waals surface area contributed by atoms with Crippen LogP contribution in [0.3, 0.4) is 0 Å². The fourth-order valence-corrected chi connectivity index (χ4v) is 3.31. The molecule has 6 nitrogen and oxygen atoms in total. The molecular formula is C20H19ClF3N3O3. The van der Waals surface area contributed by atoms with Crippen molar-refractivity contribution in [3.63, 3.8) is 0 Å². The number of carbonyl (C=O) groups excluding carboxylic acids is 2. The van der Waals surface area contributed by atoms with Gasteiger partial charge in [0.15, 0.2) is 6.61 Å². The van der Waals surface area contributed by atoms with Gasteiger partial charge in [-0.15, -0.1) is 0 Å². The highest BCUT2D eigenvalue weighted by atomic mass is 35.5. The highest BCUT2D eigenvalue weighted by molar-refractivity contribution is 6.32. The Kier molecular flexibility index (Phi) is 6.81. The maximum atomic E-state index is 12.7. The molecule has 30 heavy (non-hydrogen) atoms. The highest BCUT2D eigenvalue weighted by Gasteiger charge is 2.29. The third-order valence-electron chi connectivity index (χ3n) is 4.52. The average Bonchev–Trinajstić information content (AvgIpc) is 3.11. The molecular weight excluding hydrogens is 423 g/mol. The number of nitrogens with zero attached hydrogens (tertiary/aromatic N) is 2. The molecule has 1 aromatic carbocycles. The van der Waals surface area contributed by atoms with Crippen molar-refractivity contribution in [3.8, 4) is 5.88 Å². The zero-order valence-electron chi connectivity index (χ0n) is 15.8. The molecule has 0 radical (unpaired) electrons. The van der Waals surface area contributed by atoms with Crippen molar-refractivity contribution >= 4 is 23.4 Å². The molecule has 0 spiro atoms. The minimum atomic E-state index is -4.53. The van der Waals surface area contributed by atoms with Gasteiger partial charge < -0.3 is 15.0 Å². The molecule has 0 bridgehead atoms. The molecule has 3 rings (SSSR count). The molecule has 0 aliphatic carbocycles. The maximum Gasteiger partial charge on any atom is 0.422 e. The van der Waals surface area contributed by atoms with E-state index >= 15 is 0 Å². The molecule has 1 aliphatic rings. The number of ether oxygens (including phenoxy) is 1. The van der Waals surface area contributed by atoms with Crippen molar-refractivity contribution in [1.82, 2.24) is 15.2 Å². The van der Waals surface area contributed by atoms with Gasteiger partial charge in [-0.05, 0) is 18.1 Å². The highest BCUT2D eigenvalue weighted by Crippen LogP contribution is 2.25. The summed E-state index contributed by atoms with van der Waals surface area (Å²) in [6.45, 7) is -0.607. The van der Waals surface area contributed by atoms with E-state index in [9.17, 15) is 22.8 Å². The summed E-state index contributed by atoms with van der Waals surface area (Å²) in [6.07, 6.45) is -2.19. The van der Waals surface area contributed by atoms with E-state index in [1.54, 1.807) is 4.90 Å². The quantitative estimate of drug-likeness (QED) is 0.710. The third kappa shape index (κ3) is 5.85. The first-order chi connectivity index (χ1) is 14.2. The first-order valence-corrected chi connectivity index (χ1v) is 9.59. The lowest BCUT2D eigenvalue weighted by Crippen LogP contribution is -2.38. The van der Waals surface area contributed by atoms with Crippen LogP contribution in [0.2, 0.25) is 5.02 Å². The fraction of sp³-hybridized carbons (Fsp3) is 0.350. The van der Waals surface area contributed by atoms with Crippen molar-refractivity contribution in [2.45, 2.75) is 25.1 Å². The Hall–Kier alpha value is -2.81. The number of alkyl halides is 3. The van der Waals surface area contributed by atoms with Crippen LogP contribution in [0.4, 0.5) is 13.2 Å². The summed E-state index contributed by atoms with van der Waals surface area (Å²) >= 11 is 5.92. The largest absolute Gasteiger partial charge is 0.467 e. The number of hydrogen-bond donors (Lipinski definition) is 1. The van der Waals surface area contributed by atoms with E-state index in [0.29, 0.717) is 19.5 Å². The smallest absolute Gasteiger partial charge is 0.422 e. The molecule has 1 aliphatic heterocycles. The van der Waals surface area contributed by atoms with E-state index in [1.165, 1.54) is 6.07 Å². The average molecular weight is 442 g/mol. The van der Waals surface area contributed by atoms with Gasteiger partial charge >= 0.3 is 6.18 Å². The molecule has 160 valence electrons. The van der Waals surface area contributed by atoms with Gasteiger partial charge in [0, 0.05) is 25.7 Å². The van der Waals surface area contributed by atoms with Crippen molar-refractivity contribution in [1.29, 1.82) is 0 Å². The Morgan fingerprint density at radius 3 is 2.63 bits per heavy atom. The van der Waals surface area contributed by atoms with Gasteiger partial charge in [0.2, 0.25) is 11.8 Å². The van der Waals surface area contributed by atoms with E-state index in [1.807, 2.05) is 30.3 Å². The zero-order valence-corrected chi connectivity index (χ0v) is 16.5. The summed E-state index contributed by atoms with van der Waals surface area (Å²) in [4.78, 5) is 30.1. The summed E-state index contributed by atoms with van der Waals surface area (Å²) in [5.74, 6) is -0.902. The summed E-state index contributed by atoms with van der Waals surface area (Å²) < 4.78 is 41.4. The van der Waals surface area contributed by atoms with E-state index < -0.39 is 30.6 Å². The minimum absolute atomic E-state index is 0.0288.